The molecule has 82 valence electrons. The molecule has 0 fully saturated rings. The molecule has 0 aliphatic carbocycles. The second-order valence-corrected chi connectivity index (χ2v) is 11.8. The van der Waals surface area contributed by atoms with Gasteiger partial charge in [0.25, 0.3) is 0 Å². The van der Waals surface area contributed by atoms with Crippen molar-refractivity contribution in [1.82, 2.24) is 0 Å². The minimum atomic E-state index is -2.72. The number of hydrogen-bond acceptors (Lipinski definition) is 3. The molecule has 0 heterocycles. The molecule has 0 aliphatic heterocycles. The molecule has 0 aromatic heterocycles. The molecular weight excluding hydrogens is 325 g/mol. The van der Waals surface area contributed by atoms with Gasteiger partial charge in [0.1, 0.15) is 0 Å². The fourth-order valence-corrected chi connectivity index (χ4v) is 4.18. The van der Waals surface area contributed by atoms with E-state index in [1.165, 1.54) is 0 Å². The van der Waals surface area contributed by atoms with Gasteiger partial charge in [-0.3, -0.25) is 0 Å². The number of carboxylic acid groups (broad SMARTS) is 1. The molecule has 4 nitrogen and oxygen atoms in total. The van der Waals surface area contributed by atoms with Gasteiger partial charge in [-0.15, -0.1) is 0 Å². The summed E-state index contributed by atoms with van der Waals surface area (Å²) in [5.74, 6) is -0.403. The molecule has 0 bridgehead atoms. The van der Waals surface area contributed by atoms with E-state index in [1.807, 2.05) is 6.07 Å². The number of carbonyl (C=O) groups is 1. The average molecular weight is 337 g/mol. The van der Waals surface area contributed by atoms with Crippen LogP contribution in [0, 0.1) is 0 Å². The molecule has 0 amide bonds. The molecule has 15 heavy (non-hydrogen) atoms. The Morgan fingerprint density at radius 2 is 2.00 bits per heavy atom. The van der Waals surface area contributed by atoms with E-state index in [9.17, 15) is 9.36 Å². The van der Waals surface area contributed by atoms with Crippen molar-refractivity contribution in [2.75, 3.05) is 6.16 Å². The third-order valence-corrected chi connectivity index (χ3v) is 6.12. The first-order valence-electron chi connectivity index (χ1n) is 4.34. The average Bonchev–Trinajstić information content (AvgIpc) is 2.16. The summed E-state index contributed by atoms with van der Waals surface area (Å²) >= 11 is 0.428. The van der Waals surface area contributed by atoms with E-state index >= 15 is 0 Å². The Balaban J connectivity index is 2.57. The van der Waals surface area contributed by atoms with E-state index in [0.717, 1.165) is 0 Å². The summed E-state index contributed by atoms with van der Waals surface area (Å²) in [5.41, 5.74) is 0. The standard InChI is InChI=1S/C9H9O4P.Sb.2H/c10-9(11)6-7-14(12)13-8-4-2-1-3-5-8;;;/h1-5H,6-7H2;;;/q;-1;;/p+1. The predicted octanol–water partition coefficient (Wildman–Crippen LogP) is 1.37. The van der Waals surface area contributed by atoms with Gasteiger partial charge in [0.2, 0.25) is 0 Å². The Hall–Kier alpha value is -0.462. The first kappa shape index (κ1) is 12.6. The van der Waals surface area contributed by atoms with Crippen molar-refractivity contribution in [3.8, 4) is 5.75 Å². The van der Waals surface area contributed by atoms with Crippen molar-refractivity contribution in [2.24, 2.45) is 0 Å². The summed E-state index contributed by atoms with van der Waals surface area (Å²) in [6, 6.07) is 8.83. The van der Waals surface area contributed by atoms with Crippen LogP contribution in [0.1, 0.15) is 6.42 Å². The molecule has 0 saturated heterocycles. The Labute approximate surface area is 101 Å². The first-order valence-corrected chi connectivity index (χ1v) is 10.6. The fraction of sp³-hybridized carbons (Fsp3) is 0.222. The van der Waals surface area contributed by atoms with E-state index in [0.29, 0.717) is 28.2 Å². The first-order chi connectivity index (χ1) is 6.99. The summed E-state index contributed by atoms with van der Waals surface area (Å²) in [6.45, 7) is 0. The van der Waals surface area contributed by atoms with Crippen LogP contribution in [0.2, 0.25) is 0 Å². The Morgan fingerprint density at radius 1 is 1.40 bits per heavy atom. The summed E-state index contributed by atoms with van der Waals surface area (Å²) in [6.07, 6.45) is 0.00480. The van der Waals surface area contributed by atoms with E-state index in [4.69, 9.17) is 9.63 Å². The van der Waals surface area contributed by atoms with Gasteiger partial charge >= 0.3 is 101 Å². The van der Waals surface area contributed by atoms with Crippen LogP contribution in [0.4, 0.5) is 0 Å². The van der Waals surface area contributed by atoms with Crippen LogP contribution in [0.5, 0.6) is 5.75 Å². The zero-order chi connectivity index (χ0) is 11.3. The van der Waals surface area contributed by atoms with E-state index in [1.54, 1.807) is 24.3 Å². The zero-order valence-electron chi connectivity index (χ0n) is 8.00. The maximum absolute atomic E-state index is 11.9. The van der Waals surface area contributed by atoms with Crippen LogP contribution in [0.25, 0.3) is 0 Å². The predicted molar refractivity (Wildman–Crippen MR) is 60.3 cm³/mol. The summed E-state index contributed by atoms with van der Waals surface area (Å²) in [7, 11) is 0. The number of rotatable bonds is 5. The normalized spacial score (nSPS) is 14.2. The van der Waals surface area contributed by atoms with Crippen LogP contribution in [-0.2, 0) is 9.36 Å². The van der Waals surface area contributed by atoms with E-state index < -0.39 is 10.9 Å². The van der Waals surface area contributed by atoms with Gasteiger partial charge in [-0.05, 0) is 0 Å². The molecule has 0 aliphatic rings. The minimum absolute atomic E-state index is 0.106. The van der Waals surface area contributed by atoms with Crippen molar-refractivity contribution < 1.29 is 19.0 Å². The van der Waals surface area contributed by atoms with Crippen molar-refractivity contribution >= 4 is 33.4 Å². The van der Waals surface area contributed by atoms with Gasteiger partial charge in [-0.25, -0.2) is 0 Å². The second-order valence-electron chi connectivity index (χ2n) is 3.00. The van der Waals surface area contributed by atoms with Crippen molar-refractivity contribution in [3.05, 3.63) is 30.3 Å². The Morgan fingerprint density at radius 3 is 2.53 bits per heavy atom. The second kappa shape index (κ2) is 5.58. The topological polar surface area (TPSA) is 63.6 Å². The van der Waals surface area contributed by atoms with Crippen LogP contribution in [0.15, 0.2) is 30.3 Å². The maximum atomic E-state index is 11.9. The quantitative estimate of drug-likeness (QED) is 0.651. The molecule has 1 atom stereocenters. The monoisotopic (exact) mass is 336 g/mol. The zero-order valence-corrected chi connectivity index (χ0v) is 12.2. The SMILES string of the molecule is O=C(O)CC[P](=O)([SbH2])Oc1ccccc1. The van der Waals surface area contributed by atoms with Crippen molar-refractivity contribution in [3.63, 3.8) is 0 Å². The van der Waals surface area contributed by atoms with E-state index in [-0.39, 0.29) is 12.6 Å². The molecule has 0 saturated carbocycles. The number of benzene rings is 1. The fourth-order valence-electron chi connectivity index (χ4n) is 0.957. The molecule has 1 aromatic carbocycles. The molecule has 0 radical (unpaired) electrons. The number of aliphatic carboxylic acids is 1. The van der Waals surface area contributed by atoms with Gasteiger partial charge in [-0.2, -0.15) is 0 Å². The number of para-hydroxylation sites is 1. The van der Waals surface area contributed by atoms with Crippen molar-refractivity contribution in [2.45, 2.75) is 6.42 Å². The summed E-state index contributed by atoms with van der Waals surface area (Å²) < 4.78 is 17.2. The Kier molecular flexibility index (Phi) is 4.69. The molecule has 0 spiro atoms. The van der Waals surface area contributed by atoms with Gasteiger partial charge in [0, 0.05) is 0 Å². The van der Waals surface area contributed by atoms with Gasteiger partial charge < -0.3 is 0 Å². The van der Waals surface area contributed by atoms with Gasteiger partial charge in [0.05, 0.1) is 0 Å². The molecule has 1 unspecified atom stereocenters. The van der Waals surface area contributed by atoms with Gasteiger partial charge in [0.15, 0.2) is 0 Å². The van der Waals surface area contributed by atoms with Crippen LogP contribution in [0.3, 0.4) is 0 Å². The molecule has 6 heteroatoms. The molecule has 1 aromatic rings. The summed E-state index contributed by atoms with van der Waals surface area (Å²) in [4.78, 5) is 7.62. The van der Waals surface area contributed by atoms with Crippen molar-refractivity contribution in [1.29, 1.82) is 0 Å². The van der Waals surface area contributed by atoms with Crippen LogP contribution in [-0.4, -0.2) is 39.7 Å². The van der Waals surface area contributed by atoms with Crippen LogP contribution < -0.4 is 4.52 Å². The van der Waals surface area contributed by atoms with Gasteiger partial charge in [-0.1, -0.05) is 0 Å². The van der Waals surface area contributed by atoms with E-state index in [2.05, 4.69) is 0 Å². The van der Waals surface area contributed by atoms with Crippen LogP contribution >= 0.6 is 4.94 Å². The number of hydrogen-bond donors (Lipinski definition) is 1. The third-order valence-electron chi connectivity index (χ3n) is 1.64. The Bertz CT molecular complexity index is 379. The summed E-state index contributed by atoms with van der Waals surface area (Å²) in [5, 5.41) is 8.48. The molecular formula is C9H12O4PSb. The number of carboxylic acids is 1. The molecule has 1 rings (SSSR count). The third kappa shape index (κ3) is 5.24. The molecule has 1 N–H and O–H groups in total.